The number of sulfonamides is 1. The van der Waals surface area contributed by atoms with Gasteiger partial charge >= 0.3 is 6.18 Å². The molecule has 1 aliphatic rings. The molecule has 2 aromatic carbocycles. The van der Waals surface area contributed by atoms with Crippen LogP contribution in [0.2, 0.25) is 0 Å². The van der Waals surface area contributed by atoms with Crippen molar-refractivity contribution in [3.63, 3.8) is 0 Å². The van der Waals surface area contributed by atoms with E-state index >= 15 is 0 Å². The summed E-state index contributed by atoms with van der Waals surface area (Å²) in [6.07, 6.45) is -2.18. The number of nitrogens with one attached hydrogen (secondary N) is 2. The molecular formula is C26H32ClF4N7O2S. The van der Waals surface area contributed by atoms with Crippen molar-refractivity contribution < 1.29 is 26.0 Å². The van der Waals surface area contributed by atoms with Gasteiger partial charge in [0.15, 0.2) is 0 Å². The van der Waals surface area contributed by atoms with E-state index in [0.29, 0.717) is 22.8 Å². The molecule has 15 heteroatoms. The van der Waals surface area contributed by atoms with Crippen LogP contribution < -0.4 is 16.4 Å². The summed E-state index contributed by atoms with van der Waals surface area (Å²) in [7, 11) is -3.94. The quantitative estimate of drug-likeness (QED) is 0.278. The lowest BCUT2D eigenvalue weighted by Gasteiger charge is -2.37. The third-order valence-corrected chi connectivity index (χ3v) is 8.49. The van der Waals surface area contributed by atoms with E-state index in [1.54, 1.807) is 37.3 Å². The molecule has 3 aromatic rings. The molecule has 0 amide bonds. The van der Waals surface area contributed by atoms with Gasteiger partial charge in [-0.3, -0.25) is 4.90 Å². The fourth-order valence-electron chi connectivity index (χ4n) is 4.58. The zero-order valence-corrected chi connectivity index (χ0v) is 23.9. The Morgan fingerprint density at radius 2 is 1.71 bits per heavy atom. The Bertz CT molecular complexity index is 1400. The van der Waals surface area contributed by atoms with E-state index in [1.807, 2.05) is 0 Å². The predicted molar refractivity (Wildman–Crippen MR) is 152 cm³/mol. The van der Waals surface area contributed by atoms with Gasteiger partial charge in [0.25, 0.3) is 0 Å². The molecular weight excluding hydrogens is 586 g/mol. The minimum atomic E-state index is -4.30. The molecule has 9 nitrogen and oxygen atoms in total. The van der Waals surface area contributed by atoms with Crippen molar-refractivity contribution in [3.8, 4) is 0 Å². The maximum atomic E-state index is 13.5. The van der Waals surface area contributed by atoms with Gasteiger partial charge in [-0.1, -0.05) is 0 Å². The molecule has 4 rings (SSSR count). The number of aryl methyl sites for hydroxylation is 1. The van der Waals surface area contributed by atoms with Crippen molar-refractivity contribution in [1.82, 2.24) is 19.2 Å². The molecule has 1 saturated heterocycles. The largest absolute Gasteiger partial charge is 0.401 e. The fraction of sp³-hybridized carbons (Fsp3) is 0.385. The summed E-state index contributed by atoms with van der Waals surface area (Å²) in [6.45, 7) is 1.10. The Kier molecular flexibility index (Phi) is 10.9. The van der Waals surface area contributed by atoms with Crippen LogP contribution in [0.15, 0.2) is 59.6 Å². The normalized spacial score (nSPS) is 15.0. The van der Waals surface area contributed by atoms with Gasteiger partial charge in [0.05, 0.1) is 11.4 Å². The number of alkyl halides is 3. The van der Waals surface area contributed by atoms with Crippen LogP contribution in [0, 0.1) is 12.7 Å². The molecule has 4 N–H and O–H groups in total. The summed E-state index contributed by atoms with van der Waals surface area (Å²) in [4.78, 5) is 9.91. The van der Waals surface area contributed by atoms with E-state index in [0.717, 1.165) is 0 Å². The van der Waals surface area contributed by atoms with Crippen molar-refractivity contribution in [2.24, 2.45) is 5.73 Å². The van der Waals surface area contributed by atoms with Crippen molar-refractivity contribution in [2.45, 2.75) is 36.9 Å². The molecule has 0 radical (unpaired) electrons. The number of nitrogens with two attached hydrogens (primary N) is 1. The highest BCUT2D eigenvalue weighted by molar-refractivity contribution is 7.89. The molecule has 0 bridgehead atoms. The molecule has 41 heavy (non-hydrogen) atoms. The van der Waals surface area contributed by atoms with Gasteiger partial charge in [-0.15, -0.1) is 12.4 Å². The number of benzene rings is 2. The molecule has 224 valence electrons. The van der Waals surface area contributed by atoms with Crippen LogP contribution in [0.5, 0.6) is 0 Å². The van der Waals surface area contributed by atoms with Crippen molar-refractivity contribution >= 4 is 45.6 Å². The Morgan fingerprint density at radius 3 is 2.32 bits per heavy atom. The highest BCUT2D eigenvalue weighted by Gasteiger charge is 2.36. The Hall–Kier alpha value is -3.04. The topological polar surface area (TPSA) is 116 Å². The lowest BCUT2D eigenvalue weighted by atomic mass is 10.1. The molecule has 0 atom stereocenters. The van der Waals surface area contributed by atoms with Crippen LogP contribution in [0.1, 0.15) is 18.4 Å². The highest BCUT2D eigenvalue weighted by Crippen LogP contribution is 2.27. The van der Waals surface area contributed by atoms with E-state index in [1.165, 1.54) is 33.6 Å². The molecule has 2 heterocycles. The van der Waals surface area contributed by atoms with Gasteiger partial charge in [-0.05, 0) is 73.9 Å². The van der Waals surface area contributed by atoms with Crippen LogP contribution >= 0.6 is 12.4 Å². The van der Waals surface area contributed by atoms with Gasteiger partial charge in [-0.25, -0.2) is 17.8 Å². The predicted octanol–water partition coefficient (Wildman–Crippen LogP) is 4.81. The zero-order valence-electron chi connectivity index (χ0n) is 22.2. The molecule has 0 saturated carbocycles. The van der Waals surface area contributed by atoms with Crippen LogP contribution in [0.3, 0.4) is 0 Å². The van der Waals surface area contributed by atoms with E-state index in [-0.39, 0.29) is 68.1 Å². The molecule has 1 aromatic heterocycles. The van der Waals surface area contributed by atoms with E-state index in [2.05, 4.69) is 20.6 Å². The third-order valence-electron chi connectivity index (χ3n) is 6.52. The highest BCUT2D eigenvalue weighted by atomic mass is 35.5. The van der Waals surface area contributed by atoms with Crippen LogP contribution in [0.25, 0.3) is 0 Å². The minimum Gasteiger partial charge on any atom is -0.340 e. The van der Waals surface area contributed by atoms with E-state index < -0.39 is 28.8 Å². The van der Waals surface area contributed by atoms with Crippen LogP contribution in [0.4, 0.5) is 40.7 Å². The maximum absolute atomic E-state index is 13.5. The van der Waals surface area contributed by atoms with Crippen molar-refractivity contribution in [2.75, 3.05) is 43.4 Å². The lowest BCUT2D eigenvalue weighted by Crippen LogP contribution is -2.50. The standard InChI is InChI=1S/C26H31F4N7O2S.ClH/c1-18-16-20(4-7-23(18)27)33-24-8-12-32-25(35-24)34-19-2-5-22(6-3-19)40(38,39)37(15-11-31)21-9-13-36(14-10-21)17-26(28,29)30;/h2-8,12,16,21H,9-11,13-15,17,31H2,1H3,(H2,32,33,34,35);1H. The lowest BCUT2D eigenvalue weighted by molar-refractivity contribution is -0.148. The Morgan fingerprint density at radius 1 is 1.05 bits per heavy atom. The fourth-order valence-corrected chi connectivity index (χ4v) is 6.28. The van der Waals surface area contributed by atoms with Gasteiger partial charge in [-0.2, -0.15) is 22.5 Å². The monoisotopic (exact) mass is 617 g/mol. The number of piperidine rings is 1. The average Bonchev–Trinajstić information content (AvgIpc) is 2.90. The van der Waals surface area contributed by atoms with Crippen LogP contribution in [-0.4, -0.2) is 72.5 Å². The maximum Gasteiger partial charge on any atom is 0.401 e. The summed E-state index contributed by atoms with van der Waals surface area (Å²) in [5.74, 6) is 0.426. The number of nitrogens with zero attached hydrogens (tertiary/aromatic N) is 4. The molecule has 1 aliphatic heterocycles. The first-order chi connectivity index (χ1) is 18.9. The molecule has 0 spiro atoms. The summed E-state index contributed by atoms with van der Waals surface area (Å²) in [5.41, 5.74) is 7.39. The SMILES string of the molecule is Cc1cc(Nc2ccnc(Nc3ccc(S(=O)(=O)N(CCN)C4CCN(CC(F)(F)F)CC4)cc3)n2)ccc1F.Cl. The third kappa shape index (κ3) is 8.72. The Balaban J connectivity index is 0.00000462. The van der Waals surface area contributed by atoms with Gasteiger partial charge in [0.2, 0.25) is 16.0 Å². The number of likely N-dealkylation sites (tertiary alicyclic amines) is 1. The minimum absolute atomic E-state index is 0. The number of hydrogen-bond donors (Lipinski definition) is 3. The number of rotatable bonds is 10. The van der Waals surface area contributed by atoms with Crippen LogP contribution in [-0.2, 0) is 10.0 Å². The number of hydrogen-bond acceptors (Lipinski definition) is 8. The molecule has 1 fully saturated rings. The average molecular weight is 618 g/mol. The van der Waals surface area contributed by atoms with Crippen molar-refractivity contribution in [3.05, 3.63) is 66.1 Å². The first-order valence-corrected chi connectivity index (χ1v) is 14.1. The summed E-state index contributed by atoms with van der Waals surface area (Å²) in [5, 5.41) is 6.11. The zero-order chi connectivity index (χ0) is 28.9. The molecule has 0 unspecified atom stereocenters. The molecule has 0 aliphatic carbocycles. The summed E-state index contributed by atoms with van der Waals surface area (Å²) >= 11 is 0. The first kappa shape index (κ1) is 32.5. The summed E-state index contributed by atoms with van der Waals surface area (Å²) < 4.78 is 80.0. The Labute approximate surface area is 242 Å². The smallest absolute Gasteiger partial charge is 0.340 e. The van der Waals surface area contributed by atoms with Crippen molar-refractivity contribution in [1.29, 1.82) is 0 Å². The number of aromatic nitrogens is 2. The number of halogens is 5. The number of anilines is 4. The second-order valence-corrected chi connectivity index (χ2v) is 11.4. The first-order valence-electron chi connectivity index (χ1n) is 12.7. The van der Waals surface area contributed by atoms with Gasteiger partial charge < -0.3 is 16.4 Å². The second kappa shape index (κ2) is 13.7. The summed E-state index contributed by atoms with van der Waals surface area (Å²) in [6, 6.07) is 11.9. The van der Waals surface area contributed by atoms with E-state index in [4.69, 9.17) is 5.73 Å². The van der Waals surface area contributed by atoms with Gasteiger partial charge in [0.1, 0.15) is 11.6 Å². The van der Waals surface area contributed by atoms with Gasteiger partial charge in [0, 0.05) is 49.8 Å². The second-order valence-electron chi connectivity index (χ2n) is 9.53. The van der Waals surface area contributed by atoms with E-state index in [9.17, 15) is 26.0 Å².